The van der Waals surface area contributed by atoms with Crippen LogP contribution in [0.2, 0.25) is 0 Å². The van der Waals surface area contributed by atoms with Gasteiger partial charge in [0.15, 0.2) is 5.13 Å². The molecule has 2 aliphatic rings. The predicted octanol–water partition coefficient (Wildman–Crippen LogP) is 2.40. The molecule has 2 atom stereocenters. The maximum absolute atomic E-state index is 6.22. The molecule has 1 saturated heterocycles. The van der Waals surface area contributed by atoms with Gasteiger partial charge >= 0.3 is 0 Å². The zero-order valence-corrected chi connectivity index (χ0v) is 13.5. The van der Waals surface area contributed by atoms with E-state index < -0.39 is 0 Å². The van der Waals surface area contributed by atoms with E-state index in [1.807, 2.05) is 11.3 Å². The molecular weight excluding hydrogens is 268 g/mol. The Kier molecular flexibility index (Phi) is 4.29. The van der Waals surface area contributed by atoms with Gasteiger partial charge in [0.1, 0.15) is 0 Å². The van der Waals surface area contributed by atoms with Crippen LogP contribution < -0.4 is 10.6 Å². The first-order chi connectivity index (χ1) is 9.72. The first-order valence-corrected chi connectivity index (χ1v) is 8.78. The Morgan fingerprint density at radius 1 is 1.35 bits per heavy atom. The number of fused-ring (bicyclic) bond motifs is 1. The summed E-state index contributed by atoms with van der Waals surface area (Å²) in [5.74, 6) is 0. The monoisotopic (exact) mass is 294 g/mol. The molecule has 0 saturated carbocycles. The van der Waals surface area contributed by atoms with E-state index in [1.165, 1.54) is 28.5 Å². The molecule has 2 N–H and O–H groups in total. The minimum atomic E-state index is 0.228. The zero-order valence-electron chi connectivity index (χ0n) is 12.6. The third kappa shape index (κ3) is 2.59. The Hall–Kier alpha value is -0.650. The molecule has 2 heterocycles. The maximum atomic E-state index is 6.22. The Balaban J connectivity index is 1.72. The fourth-order valence-electron chi connectivity index (χ4n) is 3.53. The van der Waals surface area contributed by atoms with Gasteiger partial charge in [0.25, 0.3) is 0 Å². The summed E-state index contributed by atoms with van der Waals surface area (Å²) in [5, 5.41) is 1.21. The van der Waals surface area contributed by atoms with Crippen LogP contribution >= 0.6 is 11.3 Å². The summed E-state index contributed by atoms with van der Waals surface area (Å²) in [6.45, 7) is 9.08. The van der Waals surface area contributed by atoms with Crippen molar-refractivity contribution in [3.63, 3.8) is 0 Å². The molecule has 0 amide bonds. The molecule has 4 nitrogen and oxygen atoms in total. The average Bonchev–Trinajstić information content (AvgIpc) is 3.07. The van der Waals surface area contributed by atoms with E-state index in [2.05, 4.69) is 23.6 Å². The van der Waals surface area contributed by atoms with Gasteiger partial charge in [0.05, 0.1) is 5.69 Å². The molecule has 2 unspecified atom stereocenters. The molecule has 1 aliphatic carbocycles. The highest BCUT2D eigenvalue weighted by Gasteiger charge is 2.30. The van der Waals surface area contributed by atoms with Crippen molar-refractivity contribution in [3.8, 4) is 0 Å². The van der Waals surface area contributed by atoms with Crippen molar-refractivity contribution in [2.75, 3.05) is 31.1 Å². The molecule has 0 radical (unpaired) electrons. The smallest absolute Gasteiger partial charge is 0.185 e. The van der Waals surface area contributed by atoms with Gasteiger partial charge in [0.2, 0.25) is 0 Å². The number of nitrogens with zero attached hydrogens (tertiary/aromatic N) is 3. The van der Waals surface area contributed by atoms with Gasteiger partial charge < -0.3 is 10.6 Å². The molecule has 1 fully saturated rings. The number of anilines is 1. The number of thiazole rings is 1. The summed E-state index contributed by atoms with van der Waals surface area (Å²) >= 11 is 1.84. The molecular formula is C15H26N4S. The van der Waals surface area contributed by atoms with E-state index in [4.69, 9.17) is 10.7 Å². The fourth-order valence-corrected chi connectivity index (χ4v) is 4.71. The first-order valence-electron chi connectivity index (χ1n) is 7.97. The molecule has 5 heteroatoms. The lowest BCUT2D eigenvalue weighted by Gasteiger charge is -2.25. The number of hydrogen-bond acceptors (Lipinski definition) is 5. The fraction of sp³-hybridized carbons (Fsp3) is 0.800. The van der Waals surface area contributed by atoms with Crippen LogP contribution in [0.5, 0.6) is 0 Å². The number of aryl methyl sites for hydroxylation is 1. The summed E-state index contributed by atoms with van der Waals surface area (Å²) in [6, 6.07) is 0.922. The average molecular weight is 294 g/mol. The number of nitrogens with two attached hydrogens (primary N) is 1. The minimum absolute atomic E-state index is 0.228. The molecule has 1 aromatic rings. The summed E-state index contributed by atoms with van der Waals surface area (Å²) in [4.78, 5) is 11.3. The largest absolute Gasteiger partial charge is 0.346 e. The molecule has 0 bridgehead atoms. The molecule has 0 aromatic carbocycles. The van der Waals surface area contributed by atoms with Crippen LogP contribution in [-0.2, 0) is 6.42 Å². The summed E-state index contributed by atoms with van der Waals surface area (Å²) in [5.41, 5.74) is 7.49. The molecule has 1 aliphatic heterocycles. The van der Waals surface area contributed by atoms with E-state index >= 15 is 0 Å². The third-order valence-electron chi connectivity index (χ3n) is 4.74. The van der Waals surface area contributed by atoms with E-state index in [0.717, 1.165) is 39.0 Å². The Labute approximate surface area is 126 Å². The van der Waals surface area contributed by atoms with Gasteiger partial charge in [-0.15, -0.1) is 0 Å². The Bertz CT molecular complexity index is 455. The van der Waals surface area contributed by atoms with Crippen molar-refractivity contribution in [1.82, 2.24) is 9.88 Å². The zero-order chi connectivity index (χ0) is 14.1. The van der Waals surface area contributed by atoms with Gasteiger partial charge in [-0.3, -0.25) is 4.90 Å². The maximum Gasteiger partial charge on any atom is 0.185 e. The van der Waals surface area contributed by atoms with Crippen LogP contribution in [0, 0.1) is 0 Å². The van der Waals surface area contributed by atoms with Crippen molar-refractivity contribution in [2.45, 2.75) is 51.6 Å². The lowest BCUT2D eigenvalue weighted by Crippen LogP contribution is -2.37. The van der Waals surface area contributed by atoms with E-state index in [1.54, 1.807) is 0 Å². The summed E-state index contributed by atoms with van der Waals surface area (Å²) in [7, 11) is 0. The van der Waals surface area contributed by atoms with Crippen molar-refractivity contribution in [3.05, 3.63) is 10.6 Å². The van der Waals surface area contributed by atoms with Crippen LogP contribution in [0.4, 0.5) is 5.13 Å². The normalized spacial score (nSPS) is 26.3. The third-order valence-corrected chi connectivity index (χ3v) is 6.03. The predicted molar refractivity (Wildman–Crippen MR) is 85.5 cm³/mol. The van der Waals surface area contributed by atoms with Crippen molar-refractivity contribution < 1.29 is 0 Å². The number of likely N-dealkylation sites (N-methyl/N-ethyl adjacent to an activating group) is 1. The van der Waals surface area contributed by atoms with Crippen molar-refractivity contribution in [2.24, 2.45) is 5.73 Å². The highest BCUT2D eigenvalue weighted by Crippen LogP contribution is 2.37. The van der Waals surface area contributed by atoms with E-state index in [-0.39, 0.29) is 6.04 Å². The highest BCUT2D eigenvalue weighted by atomic mass is 32.1. The van der Waals surface area contributed by atoms with Crippen LogP contribution in [0.1, 0.15) is 49.7 Å². The van der Waals surface area contributed by atoms with Crippen molar-refractivity contribution >= 4 is 16.5 Å². The number of aromatic nitrogens is 1. The van der Waals surface area contributed by atoms with Crippen LogP contribution in [0.25, 0.3) is 0 Å². The topological polar surface area (TPSA) is 45.4 Å². The second-order valence-electron chi connectivity index (χ2n) is 5.92. The highest BCUT2D eigenvalue weighted by molar-refractivity contribution is 7.15. The van der Waals surface area contributed by atoms with Crippen LogP contribution in [-0.4, -0.2) is 42.1 Å². The molecule has 1 aromatic heterocycles. The van der Waals surface area contributed by atoms with Gasteiger partial charge in [0, 0.05) is 30.1 Å². The summed E-state index contributed by atoms with van der Waals surface area (Å²) < 4.78 is 0. The summed E-state index contributed by atoms with van der Waals surface area (Å²) in [6.07, 6.45) is 4.70. The van der Waals surface area contributed by atoms with Gasteiger partial charge in [-0.2, -0.15) is 0 Å². The lowest BCUT2D eigenvalue weighted by molar-refractivity contribution is 0.232. The second kappa shape index (κ2) is 6.00. The quantitative estimate of drug-likeness (QED) is 0.926. The van der Waals surface area contributed by atoms with Gasteiger partial charge in [-0.25, -0.2) is 4.98 Å². The Morgan fingerprint density at radius 2 is 2.15 bits per heavy atom. The molecule has 3 rings (SSSR count). The van der Waals surface area contributed by atoms with E-state index in [0.29, 0.717) is 6.04 Å². The number of hydrogen-bond donors (Lipinski definition) is 1. The SMILES string of the molecule is CCN(CC)C1CCN(c2nc3c(s2)C(N)CCC3)C1. The lowest BCUT2D eigenvalue weighted by atomic mass is 9.99. The second-order valence-corrected chi connectivity index (χ2v) is 6.92. The van der Waals surface area contributed by atoms with Crippen LogP contribution in [0.15, 0.2) is 0 Å². The van der Waals surface area contributed by atoms with E-state index in [9.17, 15) is 0 Å². The molecule has 20 heavy (non-hydrogen) atoms. The van der Waals surface area contributed by atoms with Crippen LogP contribution in [0.3, 0.4) is 0 Å². The first kappa shape index (κ1) is 14.3. The Morgan fingerprint density at radius 3 is 2.85 bits per heavy atom. The van der Waals surface area contributed by atoms with Gasteiger partial charge in [-0.05, 0) is 38.8 Å². The minimum Gasteiger partial charge on any atom is -0.346 e. The number of rotatable bonds is 4. The molecule has 112 valence electrons. The van der Waals surface area contributed by atoms with Crippen molar-refractivity contribution in [1.29, 1.82) is 0 Å². The van der Waals surface area contributed by atoms with Gasteiger partial charge in [-0.1, -0.05) is 25.2 Å². The standard InChI is InChI=1S/C15H26N4S/c1-3-18(4-2)11-8-9-19(10-11)15-17-13-7-5-6-12(16)14(13)20-15/h11-12H,3-10,16H2,1-2H3. The molecule has 0 spiro atoms.